The number of amidine groups is 1. The van der Waals surface area contributed by atoms with E-state index in [-0.39, 0.29) is 35.3 Å². The molecular formula is C38H39F2N8O4+. The van der Waals surface area contributed by atoms with Crippen LogP contribution in [0, 0.1) is 5.82 Å². The molecule has 1 aliphatic carbocycles. The molecular weight excluding hydrogens is 670 g/mol. The number of fused-ring (bicyclic) bond motifs is 2. The predicted molar refractivity (Wildman–Crippen MR) is 191 cm³/mol. The Bertz CT molecular complexity index is 2220. The Labute approximate surface area is 297 Å². The predicted octanol–water partition coefficient (Wildman–Crippen LogP) is 2.64. The van der Waals surface area contributed by atoms with Crippen LogP contribution in [0.4, 0.5) is 8.87 Å². The van der Waals surface area contributed by atoms with Crippen molar-refractivity contribution in [2.75, 3.05) is 39.5 Å². The first kappa shape index (κ1) is 33.8. The third-order valence-corrected chi connectivity index (χ3v) is 10.3. The number of quaternary nitrogens is 1. The number of nitrogens with one attached hydrogen (secondary N) is 2. The molecule has 268 valence electrons. The molecule has 4 aromatic rings. The summed E-state index contributed by atoms with van der Waals surface area (Å²) in [5.41, 5.74) is 2.74. The summed E-state index contributed by atoms with van der Waals surface area (Å²) in [4.78, 5) is 52.8. The molecule has 0 radical (unpaired) electrons. The SMILES string of the molecule is O=C(NC1CCC(n2c(=O)c3cc(F)cnc3n(-c3cccc(-c4ccc(CCN5CCOCC5)cc4)c3)c2=O)CC1)C1=C[NH+]2CN(F)C=CC2=N1. The highest BCUT2D eigenvalue weighted by Gasteiger charge is 2.32. The van der Waals surface area contributed by atoms with Crippen LogP contribution in [0.5, 0.6) is 0 Å². The van der Waals surface area contributed by atoms with Crippen LogP contribution in [0.2, 0.25) is 0 Å². The number of hydrogen-bond acceptors (Lipinski definition) is 8. The van der Waals surface area contributed by atoms with Crippen molar-refractivity contribution in [3.63, 3.8) is 0 Å². The Balaban J connectivity index is 1.02. The highest BCUT2D eigenvalue weighted by Crippen LogP contribution is 2.29. The van der Waals surface area contributed by atoms with Crippen molar-refractivity contribution < 1.29 is 23.3 Å². The lowest BCUT2D eigenvalue weighted by atomic mass is 9.90. The molecule has 1 saturated carbocycles. The van der Waals surface area contributed by atoms with Crippen LogP contribution >= 0.6 is 0 Å². The van der Waals surface area contributed by atoms with Crippen LogP contribution in [-0.2, 0) is 16.0 Å². The Morgan fingerprint density at radius 3 is 2.58 bits per heavy atom. The maximum Gasteiger partial charge on any atom is 0.337 e. The molecule has 1 amide bonds. The summed E-state index contributed by atoms with van der Waals surface area (Å²) in [7, 11) is 0. The molecule has 0 bridgehead atoms. The number of pyridine rings is 1. The van der Waals surface area contributed by atoms with E-state index in [9.17, 15) is 23.3 Å². The zero-order valence-corrected chi connectivity index (χ0v) is 28.5. The van der Waals surface area contributed by atoms with Gasteiger partial charge in [0.05, 0.1) is 30.5 Å². The van der Waals surface area contributed by atoms with Gasteiger partial charge in [-0.05, 0) is 67.0 Å². The zero-order chi connectivity index (χ0) is 35.8. The molecule has 12 nitrogen and oxygen atoms in total. The van der Waals surface area contributed by atoms with Crippen LogP contribution in [0.1, 0.15) is 37.3 Å². The Kier molecular flexibility index (Phi) is 9.34. The summed E-state index contributed by atoms with van der Waals surface area (Å²) in [5.74, 6) is -0.460. The van der Waals surface area contributed by atoms with Gasteiger partial charge in [-0.15, -0.1) is 0 Å². The lowest BCUT2D eigenvalue weighted by molar-refractivity contribution is -0.763. The molecule has 3 aliphatic heterocycles. The lowest BCUT2D eigenvalue weighted by Gasteiger charge is -2.30. The van der Waals surface area contributed by atoms with Gasteiger partial charge in [0.1, 0.15) is 12.0 Å². The van der Waals surface area contributed by atoms with Crippen LogP contribution in [0.3, 0.4) is 0 Å². The van der Waals surface area contributed by atoms with Gasteiger partial charge in [0.25, 0.3) is 11.5 Å². The fourth-order valence-corrected chi connectivity index (χ4v) is 7.50. The van der Waals surface area contributed by atoms with Crippen molar-refractivity contribution in [1.29, 1.82) is 0 Å². The highest BCUT2D eigenvalue weighted by atomic mass is 19.2. The van der Waals surface area contributed by atoms with Gasteiger partial charge in [-0.1, -0.05) is 40.9 Å². The van der Waals surface area contributed by atoms with E-state index in [0.717, 1.165) is 62.7 Å². The van der Waals surface area contributed by atoms with Gasteiger partial charge in [0.15, 0.2) is 18.0 Å². The number of carbonyl (C=O) groups excluding carboxylic acids is 1. The van der Waals surface area contributed by atoms with E-state index < -0.39 is 23.1 Å². The number of nitrogens with zero attached hydrogens (tertiary/aromatic N) is 6. The maximum atomic E-state index is 14.5. The zero-order valence-electron chi connectivity index (χ0n) is 28.5. The molecule has 14 heteroatoms. The topological polar surface area (TPSA) is 118 Å². The van der Waals surface area contributed by atoms with Gasteiger partial charge in [0, 0.05) is 44.0 Å². The second-order valence-electron chi connectivity index (χ2n) is 13.7. The number of amides is 1. The van der Waals surface area contributed by atoms with E-state index in [1.807, 2.05) is 18.2 Å². The molecule has 2 fully saturated rings. The van der Waals surface area contributed by atoms with Crippen molar-refractivity contribution in [3.05, 3.63) is 117 Å². The van der Waals surface area contributed by atoms with Gasteiger partial charge in [-0.3, -0.25) is 19.1 Å². The van der Waals surface area contributed by atoms with Gasteiger partial charge in [-0.25, -0.2) is 23.6 Å². The fourth-order valence-electron chi connectivity index (χ4n) is 7.50. The summed E-state index contributed by atoms with van der Waals surface area (Å²) in [6, 6.07) is 16.3. The van der Waals surface area contributed by atoms with E-state index in [0.29, 0.717) is 47.2 Å². The molecule has 0 spiro atoms. The minimum atomic E-state index is -0.673. The Hall–Kier alpha value is -5.31. The minimum Gasteiger partial charge on any atom is -0.379 e. The molecule has 1 saturated heterocycles. The van der Waals surface area contributed by atoms with Crippen molar-refractivity contribution in [1.82, 2.24) is 29.5 Å². The molecule has 4 aliphatic rings. The van der Waals surface area contributed by atoms with Crippen LogP contribution in [-0.4, -0.2) is 81.4 Å². The molecule has 52 heavy (non-hydrogen) atoms. The third-order valence-electron chi connectivity index (χ3n) is 10.3. The van der Waals surface area contributed by atoms with Gasteiger partial charge in [-0.2, -0.15) is 10.1 Å². The first-order valence-corrected chi connectivity index (χ1v) is 17.7. The monoisotopic (exact) mass is 709 g/mol. The molecule has 2 N–H and O–H groups in total. The minimum absolute atomic E-state index is 0.0113. The normalized spacial score (nSPS) is 21.9. The number of morpholine rings is 1. The maximum absolute atomic E-state index is 14.5. The van der Waals surface area contributed by atoms with Crippen molar-refractivity contribution in [2.45, 2.75) is 44.2 Å². The molecule has 2 aromatic carbocycles. The first-order chi connectivity index (χ1) is 25.3. The lowest BCUT2D eigenvalue weighted by Crippen LogP contribution is -3.11. The summed E-state index contributed by atoms with van der Waals surface area (Å²) >= 11 is 0. The Morgan fingerprint density at radius 1 is 1.00 bits per heavy atom. The van der Waals surface area contributed by atoms with Gasteiger partial charge < -0.3 is 10.1 Å². The van der Waals surface area contributed by atoms with Gasteiger partial charge in [0.2, 0.25) is 5.84 Å². The largest absolute Gasteiger partial charge is 0.379 e. The quantitative estimate of drug-likeness (QED) is 0.270. The van der Waals surface area contributed by atoms with Crippen molar-refractivity contribution in [3.8, 4) is 16.8 Å². The van der Waals surface area contributed by atoms with E-state index in [4.69, 9.17) is 4.74 Å². The number of ether oxygens (including phenoxy) is 1. The number of rotatable bonds is 8. The fraction of sp³-hybridized carbons (Fsp3) is 0.342. The molecule has 1 atom stereocenters. The van der Waals surface area contributed by atoms with Crippen LogP contribution in [0.15, 0.2) is 99.5 Å². The summed E-state index contributed by atoms with van der Waals surface area (Å²) < 4.78 is 36.2. The second-order valence-corrected chi connectivity index (χ2v) is 13.7. The third kappa shape index (κ3) is 6.84. The number of benzene rings is 2. The number of carbonyl (C=O) groups is 1. The summed E-state index contributed by atoms with van der Waals surface area (Å²) in [6.45, 7) is 4.44. The standard InChI is InChI=1S/C38H38F2N8O4/c39-28-21-32-35(41-22-28)47(31-3-1-2-27(20-31)26-6-4-25(5-7-26)12-14-44-16-18-52-19-17-44)38(51)48(37(32)50)30-10-8-29(9-11-30)42-36(49)33-23-45-24-46(40)15-13-34(45)43-33/h1-7,13,15,20-23,29-30H,8-12,14,16-19,24H2,(H,42,49)/p+1. The number of hydrogen-bond donors (Lipinski definition) is 2. The van der Waals surface area contributed by atoms with E-state index in [1.54, 1.807) is 12.3 Å². The first-order valence-electron chi connectivity index (χ1n) is 17.7. The number of aromatic nitrogens is 3. The average Bonchev–Trinajstić information content (AvgIpc) is 3.59. The van der Waals surface area contributed by atoms with Crippen molar-refractivity contribution in [2.24, 2.45) is 4.99 Å². The second kappa shape index (κ2) is 14.4. The Morgan fingerprint density at radius 2 is 1.79 bits per heavy atom. The highest BCUT2D eigenvalue weighted by molar-refractivity contribution is 5.99. The van der Waals surface area contributed by atoms with Gasteiger partial charge >= 0.3 is 5.69 Å². The van der Waals surface area contributed by atoms with E-state index in [2.05, 4.69) is 44.5 Å². The smallest absolute Gasteiger partial charge is 0.337 e. The summed E-state index contributed by atoms with van der Waals surface area (Å²) in [5, 5.41) is 3.55. The molecule has 1 unspecified atom stereocenters. The summed E-state index contributed by atoms with van der Waals surface area (Å²) in [6.07, 6.45) is 8.24. The van der Waals surface area contributed by atoms with Crippen LogP contribution in [0.25, 0.3) is 27.8 Å². The molecule has 8 rings (SSSR count). The number of halogens is 2. The average molecular weight is 710 g/mol. The number of aliphatic imine (C=N–C) groups is 1. The van der Waals surface area contributed by atoms with E-state index >= 15 is 0 Å². The van der Waals surface area contributed by atoms with Crippen LogP contribution < -0.4 is 21.5 Å². The van der Waals surface area contributed by atoms with Crippen molar-refractivity contribution >= 4 is 22.8 Å². The molecule has 5 heterocycles. The molecule has 2 aromatic heterocycles. The van der Waals surface area contributed by atoms with E-state index in [1.165, 1.54) is 27.0 Å².